The van der Waals surface area contributed by atoms with Crippen molar-refractivity contribution >= 4 is 17.7 Å². The zero-order chi connectivity index (χ0) is 14.1. The Bertz CT molecular complexity index is 411. The summed E-state index contributed by atoms with van der Waals surface area (Å²) in [6.07, 6.45) is 1.57. The fourth-order valence-electron chi connectivity index (χ4n) is 2.59. The molecule has 0 bridgehead atoms. The van der Waals surface area contributed by atoms with Crippen molar-refractivity contribution < 1.29 is 9.53 Å². The van der Waals surface area contributed by atoms with Gasteiger partial charge >= 0.3 is 0 Å². The molecule has 0 spiro atoms. The van der Waals surface area contributed by atoms with Gasteiger partial charge in [0, 0.05) is 26.2 Å². The van der Waals surface area contributed by atoms with E-state index in [1.807, 2.05) is 4.90 Å². The third-order valence-corrected chi connectivity index (χ3v) is 5.04. The van der Waals surface area contributed by atoms with Crippen molar-refractivity contribution in [1.82, 2.24) is 25.1 Å². The highest BCUT2D eigenvalue weighted by atomic mass is 32.2. The number of methoxy groups -OCH3 is 1. The largest absolute Gasteiger partial charge is 0.490 e. The number of nitrogens with zero attached hydrogens (tertiary/aromatic N) is 4. The van der Waals surface area contributed by atoms with Crippen molar-refractivity contribution in [3.63, 3.8) is 0 Å². The SMILES string of the molecule is COC1=CC(=O)N2CN(N3CCN(C)CC3)CN[C@@H]2S1. The first-order chi connectivity index (χ1) is 9.67. The quantitative estimate of drug-likeness (QED) is 0.725. The maximum atomic E-state index is 12.1. The average Bonchev–Trinajstić information content (AvgIpc) is 2.47. The number of nitrogens with one attached hydrogen (secondary N) is 1. The highest BCUT2D eigenvalue weighted by molar-refractivity contribution is 8.03. The Morgan fingerprint density at radius 3 is 2.75 bits per heavy atom. The Hall–Kier alpha value is -0.800. The standard InChI is InChI=1S/C12H21N5O2S/c1-14-3-5-15(6-4-14)16-8-13-12-17(9-16)10(18)7-11(19-2)20-12/h7,12-13H,3-6,8-9H2,1-2H3/t12-/m0/s1. The van der Waals surface area contributed by atoms with E-state index in [4.69, 9.17) is 4.74 Å². The average molecular weight is 299 g/mol. The summed E-state index contributed by atoms with van der Waals surface area (Å²) in [4.78, 5) is 16.3. The number of ether oxygens (including phenoxy) is 1. The summed E-state index contributed by atoms with van der Waals surface area (Å²) in [5, 5.41) is 8.62. The van der Waals surface area contributed by atoms with Crippen LogP contribution >= 0.6 is 11.8 Å². The van der Waals surface area contributed by atoms with E-state index in [0.29, 0.717) is 11.8 Å². The van der Waals surface area contributed by atoms with Crippen LogP contribution in [-0.4, -0.2) is 84.9 Å². The highest BCUT2D eigenvalue weighted by Crippen LogP contribution is 2.30. The highest BCUT2D eigenvalue weighted by Gasteiger charge is 2.36. The number of likely N-dealkylation sites (N-methyl/N-ethyl adjacent to an activating group) is 1. The van der Waals surface area contributed by atoms with Crippen molar-refractivity contribution in [1.29, 1.82) is 0 Å². The minimum atomic E-state index is -0.0221. The number of thioether (sulfide) groups is 1. The van der Waals surface area contributed by atoms with Gasteiger partial charge < -0.3 is 9.64 Å². The number of hydrogen-bond acceptors (Lipinski definition) is 7. The van der Waals surface area contributed by atoms with Crippen molar-refractivity contribution in [2.75, 3.05) is 53.7 Å². The van der Waals surface area contributed by atoms with Crippen LogP contribution in [0.25, 0.3) is 0 Å². The second-order valence-electron chi connectivity index (χ2n) is 5.21. The van der Waals surface area contributed by atoms with Gasteiger partial charge in [-0.15, -0.1) is 0 Å². The minimum absolute atomic E-state index is 0.0110. The van der Waals surface area contributed by atoms with E-state index in [9.17, 15) is 4.79 Å². The first-order valence-corrected chi connectivity index (χ1v) is 7.70. The molecule has 112 valence electrons. The molecule has 3 aliphatic rings. The van der Waals surface area contributed by atoms with Crippen molar-refractivity contribution in [3.8, 4) is 0 Å². The first kappa shape index (κ1) is 14.2. The van der Waals surface area contributed by atoms with Gasteiger partial charge in [0.15, 0.2) is 5.09 Å². The zero-order valence-corrected chi connectivity index (χ0v) is 12.7. The van der Waals surface area contributed by atoms with E-state index in [1.165, 1.54) is 0 Å². The number of carbonyl (C=O) groups excluding carboxylic acids is 1. The monoisotopic (exact) mass is 299 g/mol. The molecule has 2 fully saturated rings. The van der Waals surface area contributed by atoms with Crippen LogP contribution in [0.5, 0.6) is 0 Å². The molecule has 1 amide bonds. The van der Waals surface area contributed by atoms with Gasteiger partial charge in [0.05, 0.1) is 26.5 Å². The van der Waals surface area contributed by atoms with E-state index < -0.39 is 0 Å². The lowest BCUT2D eigenvalue weighted by atomic mass is 10.4. The van der Waals surface area contributed by atoms with Gasteiger partial charge in [-0.2, -0.15) is 0 Å². The normalized spacial score (nSPS) is 30.1. The number of carbonyl (C=O) groups is 1. The number of rotatable bonds is 2. The summed E-state index contributed by atoms with van der Waals surface area (Å²) in [5.74, 6) is 0.0110. The van der Waals surface area contributed by atoms with Crippen LogP contribution in [0.2, 0.25) is 0 Å². The summed E-state index contributed by atoms with van der Waals surface area (Å²) < 4.78 is 5.17. The lowest BCUT2D eigenvalue weighted by Gasteiger charge is -2.48. The van der Waals surface area contributed by atoms with E-state index in [0.717, 1.165) is 32.8 Å². The van der Waals surface area contributed by atoms with Gasteiger partial charge in [-0.25, -0.2) is 10.0 Å². The summed E-state index contributed by atoms with van der Waals surface area (Å²) in [6, 6.07) is 0. The van der Waals surface area contributed by atoms with Gasteiger partial charge in [-0.05, 0) is 18.8 Å². The molecule has 0 aromatic heterocycles. The molecule has 0 saturated carbocycles. The molecule has 2 saturated heterocycles. The van der Waals surface area contributed by atoms with Gasteiger partial charge in [-0.3, -0.25) is 15.0 Å². The third kappa shape index (κ3) is 2.79. The predicted molar refractivity (Wildman–Crippen MR) is 77.1 cm³/mol. The predicted octanol–water partition coefficient (Wildman–Crippen LogP) is -0.684. The molecule has 0 unspecified atom stereocenters. The lowest BCUT2D eigenvalue weighted by Crippen LogP contribution is -2.66. The fraction of sp³-hybridized carbons (Fsp3) is 0.750. The molecule has 20 heavy (non-hydrogen) atoms. The summed E-state index contributed by atoms with van der Waals surface area (Å²) in [6.45, 7) is 5.56. The molecule has 1 atom stereocenters. The Balaban J connectivity index is 1.63. The van der Waals surface area contributed by atoms with Crippen molar-refractivity contribution in [3.05, 3.63) is 11.2 Å². The number of amides is 1. The molecule has 3 rings (SSSR count). The summed E-state index contributed by atoms with van der Waals surface area (Å²) >= 11 is 1.55. The van der Waals surface area contributed by atoms with Crippen LogP contribution in [-0.2, 0) is 9.53 Å². The number of hydrogen-bond donors (Lipinski definition) is 1. The number of hydrazine groups is 1. The van der Waals surface area contributed by atoms with Gasteiger partial charge in [0.25, 0.3) is 5.91 Å². The van der Waals surface area contributed by atoms with Crippen LogP contribution in [0.4, 0.5) is 0 Å². The van der Waals surface area contributed by atoms with Gasteiger partial charge in [-0.1, -0.05) is 0 Å². The van der Waals surface area contributed by atoms with E-state index in [2.05, 4.69) is 27.3 Å². The van der Waals surface area contributed by atoms with Crippen molar-refractivity contribution in [2.24, 2.45) is 0 Å². The molecular weight excluding hydrogens is 278 g/mol. The minimum Gasteiger partial charge on any atom is -0.490 e. The fourth-order valence-corrected chi connectivity index (χ4v) is 3.53. The molecule has 0 aromatic carbocycles. The molecule has 0 aliphatic carbocycles. The van der Waals surface area contributed by atoms with Crippen molar-refractivity contribution in [2.45, 2.75) is 5.50 Å². The van der Waals surface area contributed by atoms with E-state index >= 15 is 0 Å². The lowest BCUT2D eigenvalue weighted by molar-refractivity contribution is -0.149. The maximum Gasteiger partial charge on any atom is 0.253 e. The second-order valence-corrected chi connectivity index (χ2v) is 6.30. The molecule has 3 aliphatic heterocycles. The first-order valence-electron chi connectivity index (χ1n) is 6.82. The molecule has 0 aromatic rings. The molecule has 7 nitrogen and oxygen atoms in total. The van der Waals surface area contributed by atoms with Crippen LogP contribution in [0.1, 0.15) is 0 Å². The Morgan fingerprint density at radius 1 is 1.30 bits per heavy atom. The van der Waals surface area contributed by atoms with Crippen LogP contribution in [0.3, 0.4) is 0 Å². The topological polar surface area (TPSA) is 51.3 Å². The summed E-state index contributed by atoms with van der Waals surface area (Å²) in [5.41, 5.74) is -0.0221. The molecule has 8 heteroatoms. The number of piperazine rings is 1. The second kappa shape index (κ2) is 5.90. The number of fused-ring (bicyclic) bond motifs is 1. The molecule has 3 heterocycles. The van der Waals surface area contributed by atoms with Crippen LogP contribution in [0.15, 0.2) is 11.2 Å². The smallest absolute Gasteiger partial charge is 0.253 e. The van der Waals surface area contributed by atoms with E-state index in [-0.39, 0.29) is 11.4 Å². The Morgan fingerprint density at radius 2 is 2.05 bits per heavy atom. The molecule has 1 N–H and O–H groups in total. The Labute approximate surface area is 123 Å². The van der Waals surface area contributed by atoms with Gasteiger partial charge in [0.2, 0.25) is 0 Å². The molecular formula is C12H21N5O2S. The van der Waals surface area contributed by atoms with Gasteiger partial charge in [0.1, 0.15) is 5.50 Å². The Kier molecular flexibility index (Phi) is 4.18. The summed E-state index contributed by atoms with van der Waals surface area (Å²) in [7, 11) is 3.74. The maximum absolute atomic E-state index is 12.1. The third-order valence-electron chi connectivity index (χ3n) is 3.88. The van der Waals surface area contributed by atoms with E-state index in [1.54, 1.807) is 24.9 Å². The zero-order valence-electron chi connectivity index (χ0n) is 11.9. The van der Waals surface area contributed by atoms with Crippen LogP contribution < -0.4 is 5.32 Å². The van der Waals surface area contributed by atoms with Crippen LogP contribution in [0, 0.1) is 0 Å². The molecule has 0 radical (unpaired) electrons.